The Balaban J connectivity index is 2.32. The Morgan fingerprint density at radius 3 is 2.39 bits per heavy atom. The predicted molar refractivity (Wildman–Crippen MR) is 119 cm³/mol. The van der Waals surface area contributed by atoms with Crippen LogP contribution in [0.15, 0.2) is 47.8 Å². The summed E-state index contributed by atoms with van der Waals surface area (Å²) in [6.45, 7) is 4.55. The third-order valence-electron chi connectivity index (χ3n) is 4.65. The molecule has 0 bridgehead atoms. The zero-order chi connectivity index (χ0) is 22.8. The lowest BCUT2D eigenvalue weighted by atomic mass is 10.00. The quantitative estimate of drug-likeness (QED) is 0.187. The zero-order valence-electron chi connectivity index (χ0n) is 18.9. The highest BCUT2D eigenvalue weighted by Crippen LogP contribution is 2.27. The van der Waals surface area contributed by atoms with Crippen LogP contribution in [0.4, 0.5) is 0 Å². The van der Waals surface area contributed by atoms with E-state index in [1.807, 2.05) is 50.2 Å². The molecule has 0 aliphatic heterocycles. The molecule has 0 unspecified atom stereocenters. The number of benzene rings is 2. The van der Waals surface area contributed by atoms with Crippen LogP contribution in [0.1, 0.15) is 27.8 Å². The van der Waals surface area contributed by atoms with Gasteiger partial charge in [-0.1, -0.05) is 29.4 Å². The highest BCUT2D eigenvalue weighted by Gasteiger charge is 2.18. The molecule has 0 amide bonds. The summed E-state index contributed by atoms with van der Waals surface area (Å²) < 4.78 is 21.3. The second-order valence-electron chi connectivity index (χ2n) is 6.79. The number of rotatable bonds is 10. The van der Waals surface area contributed by atoms with Gasteiger partial charge in [-0.25, -0.2) is 4.79 Å². The summed E-state index contributed by atoms with van der Waals surface area (Å²) in [5.41, 5.74) is 5.41. The van der Waals surface area contributed by atoms with Crippen molar-refractivity contribution < 1.29 is 28.6 Å². The molecule has 0 radical (unpaired) electrons. The van der Waals surface area contributed by atoms with Crippen molar-refractivity contribution >= 4 is 17.3 Å². The van der Waals surface area contributed by atoms with Crippen molar-refractivity contribution in [1.29, 1.82) is 0 Å². The predicted octanol–water partition coefficient (Wildman–Crippen LogP) is 4.04. The number of hydrogen-bond donors (Lipinski definition) is 0. The third-order valence-corrected chi connectivity index (χ3v) is 4.65. The lowest BCUT2D eigenvalue weighted by Gasteiger charge is -2.16. The Kier molecular flexibility index (Phi) is 9.09. The Morgan fingerprint density at radius 1 is 1.00 bits per heavy atom. The van der Waals surface area contributed by atoms with Gasteiger partial charge >= 0.3 is 5.97 Å². The second kappa shape index (κ2) is 11.8. The third kappa shape index (κ3) is 6.08. The van der Waals surface area contributed by atoms with Crippen molar-refractivity contribution in [3.8, 4) is 5.75 Å². The molecule has 0 saturated carbocycles. The highest BCUT2D eigenvalue weighted by atomic mass is 16.6. The number of ether oxygens (including phenoxy) is 4. The van der Waals surface area contributed by atoms with E-state index in [4.69, 9.17) is 23.8 Å². The molecule has 2 rings (SSSR count). The fourth-order valence-electron chi connectivity index (χ4n) is 3.17. The fraction of sp³-hybridized carbons (Fsp3) is 0.333. The van der Waals surface area contributed by atoms with Crippen LogP contribution < -0.4 is 4.74 Å². The molecule has 2 aromatic carbocycles. The molecule has 2 aromatic rings. The summed E-state index contributed by atoms with van der Waals surface area (Å²) in [5, 5.41) is 4.07. The molecule has 0 heterocycles. The van der Waals surface area contributed by atoms with E-state index in [0.29, 0.717) is 23.5 Å². The first-order valence-electron chi connectivity index (χ1n) is 9.69. The van der Waals surface area contributed by atoms with E-state index in [1.54, 1.807) is 7.11 Å². The highest BCUT2D eigenvalue weighted by molar-refractivity contribution is 6.16. The van der Waals surface area contributed by atoms with Gasteiger partial charge in [0.25, 0.3) is 0 Å². The summed E-state index contributed by atoms with van der Waals surface area (Å²) in [6, 6.07) is 11.4. The average Bonchev–Trinajstić information content (AvgIpc) is 2.77. The van der Waals surface area contributed by atoms with E-state index >= 15 is 0 Å². The smallest absolute Gasteiger partial charge is 0.341 e. The van der Waals surface area contributed by atoms with Crippen molar-refractivity contribution in [2.75, 3.05) is 35.0 Å². The molecule has 0 aliphatic carbocycles. The maximum atomic E-state index is 12.2. The van der Waals surface area contributed by atoms with Gasteiger partial charge in [0.2, 0.25) is 0 Å². The largest absolute Gasteiger partial charge is 0.503 e. The monoisotopic (exact) mass is 427 g/mol. The minimum atomic E-state index is -0.478. The Bertz CT molecular complexity index is 965. The Morgan fingerprint density at radius 2 is 1.74 bits per heavy atom. The van der Waals surface area contributed by atoms with Crippen LogP contribution in [0.25, 0.3) is 5.57 Å². The Hall–Kier alpha value is -3.32. The zero-order valence-corrected chi connectivity index (χ0v) is 18.9. The van der Waals surface area contributed by atoms with Gasteiger partial charge in [0.15, 0.2) is 0 Å². The van der Waals surface area contributed by atoms with E-state index in [0.717, 1.165) is 28.0 Å². The van der Waals surface area contributed by atoms with Gasteiger partial charge in [-0.05, 0) is 48.2 Å². The maximum absolute atomic E-state index is 12.2. The average molecular weight is 427 g/mol. The number of oxime groups is 1. The van der Waals surface area contributed by atoms with Crippen molar-refractivity contribution in [3.05, 3.63) is 70.5 Å². The minimum Gasteiger partial charge on any atom is -0.503 e. The van der Waals surface area contributed by atoms with Crippen molar-refractivity contribution in [1.82, 2.24) is 0 Å². The lowest BCUT2D eigenvalue weighted by molar-refractivity contribution is -0.133. The van der Waals surface area contributed by atoms with Crippen LogP contribution in [-0.4, -0.2) is 46.7 Å². The molecular formula is C24H29NO6. The SMILES string of the molecule is COC=C(C(=O)OC)c1ccccc1COc1cc(C)c(C(COC)=NOC)cc1C. The molecule has 166 valence electrons. The minimum absolute atomic E-state index is 0.269. The maximum Gasteiger partial charge on any atom is 0.341 e. The summed E-state index contributed by atoms with van der Waals surface area (Å²) in [6.07, 6.45) is 1.38. The molecule has 0 aromatic heterocycles. The first kappa shape index (κ1) is 24.0. The van der Waals surface area contributed by atoms with Crippen LogP contribution in [0, 0.1) is 13.8 Å². The fourth-order valence-corrected chi connectivity index (χ4v) is 3.17. The van der Waals surface area contributed by atoms with Gasteiger partial charge in [-0.2, -0.15) is 0 Å². The molecule has 7 heteroatoms. The summed E-state index contributed by atoms with van der Waals surface area (Å²) in [7, 11) is 5.94. The molecule has 0 N–H and O–H groups in total. The molecule has 0 aliphatic rings. The van der Waals surface area contributed by atoms with Crippen molar-refractivity contribution in [2.24, 2.45) is 5.16 Å². The van der Waals surface area contributed by atoms with Gasteiger partial charge in [0.05, 0.1) is 27.1 Å². The number of nitrogens with zero attached hydrogens (tertiary/aromatic N) is 1. The van der Waals surface area contributed by atoms with Crippen LogP contribution in [0.5, 0.6) is 5.75 Å². The molecule has 0 spiro atoms. The summed E-state index contributed by atoms with van der Waals surface area (Å²) in [5.74, 6) is 0.259. The van der Waals surface area contributed by atoms with Gasteiger partial charge in [0, 0.05) is 12.7 Å². The molecule has 0 fully saturated rings. The summed E-state index contributed by atoms with van der Waals surface area (Å²) >= 11 is 0. The van der Waals surface area contributed by atoms with Gasteiger partial charge in [-0.15, -0.1) is 0 Å². The summed E-state index contributed by atoms with van der Waals surface area (Å²) in [4.78, 5) is 17.1. The van der Waals surface area contributed by atoms with E-state index in [9.17, 15) is 4.79 Å². The van der Waals surface area contributed by atoms with E-state index in [2.05, 4.69) is 5.16 Å². The molecule has 0 saturated heterocycles. The van der Waals surface area contributed by atoms with Crippen LogP contribution in [-0.2, 0) is 30.4 Å². The number of methoxy groups -OCH3 is 3. The number of carbonyl (C=O) groups is 1. The topological polar surface area (TPSA) is 75.6 Å². The number of hydrogen-bond acceptors (Lipinski definition) is 7. The van der Waals surface area contributed by atoms with E-state index in [-0.39, 0.29) is 6.61 Å². The van der Waals surface area contributed by atoms with Gasteiger partial charge in [-0.3, -0.25) is 0 Å². The van der Waals surface area contributed by atoms with E-state index < -0.39 is 5.97 Å². The standard InChI is InChI=1S/C24H29NO6/c1-16-12-23(17(2)11-20(16)22(15-28-4)25-30-6)31-13-18-9-7-8-10-19(18)21(14-27-3)24(26)29-5/h7-12,14H,13,15H2,1-6H3. The molecular weight excluding hydrogens is 398 g/mol. The van der Waals surface area contributed by atoms with Gasteiger partial charge in [0.1, 0.15) is 30.8 Å². The number of aryl methyl sites for hydroxylation is 2. The van der Waals surface area contributed by atoms with Crippen molar-refractivity contribution in [3.63, 3.8) is 0 Å². The second-order valence-corrected chi connectivity index (χ2v) is 6.79. The normalized spacial score (nSPS) is 11.8. The van der Waals surface area contributed by atoms with Crippen LogP contribution >= 0.6 is 0 Å². The van der Waals surface area contributed by atoms with Crippen molar-refractivity contribution in [2.45, 2.75) is 20.5 Å². The van der Waals surface area contributed by atoms with Crippen LogP contribution in [0.2, 0.25) is 0 Å². The molecule has 31 heavy (non-hydrogen) atoms. The first-order chi connectivity index (χ1) is 15.0. The van der Waals surface area contributed by atoms with Crippen LogP contribution in [0.3, 0.4) is 0 Å². The lowest BCUT2D eigenvalue weighted by Crippen LogP contribution is -2.12. The first-order valence-corrected chi connectivity index (χ1v) is 9.69. The molecule has 7 nitrogen and oxygen atoms in total. The molecule has 0 atom stereocenters. The number of esters is 1. The Labute approximate surface area is 183 Å². The number of carbonyl (C=O) groups excluding carboxylic acids is 1. The van der Waals surface area contributed by atoms with Gasteiger partial charge < -0.3 is 23.8 Å². The van der Waals surface area contributed by atoms with E-state index in [1.165, 1.54) is 27.6 Å².